The first-order valence-corrected chi connectivity index (χ1v) is 8.35. The molecule has 0 aliphatic carbocycles. The summed E-state index contributed by atoms with van der Waals surface area (Å²) in [6.07, 6.45) is 2.36. The molecule has 2 heterocycles. The summed E-state index contributed by atoms with van der Waals surface area (Å²) < 4.78 is 11.1. The molecule has 1 N–H and O–H groups in total. The minimum Gasteiger partial charge on any atom is -0.461 e. The highest BCUT2D eigenvalue weighted by Gasteiger charge is 2.10. The van der Waals surface area contributed by atoms with E-state index in [0.29, 0.717) is 18.7 Å². The zero-order valence-electron chi connectivity index (χ0n) is 13.4. The molecule has 0 unspecified atom stereocenters. The maximum absolute atomic E-state index is 12.0. The Balaban J connectivity index is 1.37. The van der Waals surface area contributed by atoms with Gasteiger partial charge in [-0.2, -0.15) is 0 Å². The molecule has 5 heteroatoms. The molecule has 1 aliphatic rings. The minimum atomic E-state index is 0.0169. The highest BCUT2D eigenvalue weighted by atomic mass is 16.5. The Morgan fingerprint density at radius 3 is 3.04 bits per heavy atom. The number of benzene rings is 1. The van der Waals surface area contributed by atoms with Crippen LogP contribution in [0.15, 0.2) is 34.7 Å². The van der Waals surface area contributed by atoms with Crippen molar-refractivity contribution in [3.05, 3.63) is 36.1 Å². The van der Waals surface area contributed by atoms with E-state index in [9.17, 15) is 4.79 Å². The van der Waals surface area contributed by atoms with E-state index in [1.165, 1.54) is 0 Å². The molecule has 1 amide bonds. The second kappa shape index (κ2) is 8.13. The van der Waals surface area contributed by atoms with Crippen molar-refractivity contribution in [2.75, 3.05) is 39.4 Å². The number of hydrogen-bond acceptors (Lipinski definition) is 4. The highest BCUT2D eigenvalue weighted by Crippen LogP contribution is 2.18. The predicted octanol–water partition coefficient (Wildman–Crippen LogP) is 2.20. The maximum Gasteiger partial charge on any atom is 0.227 e. The number of ether oxygens (including phenoxy) is 1. The normalized spacial score (nSPS) is 16.3. The van der Waals surface area contributed by atoms with Crippen LogP contribution < -0.4 is 5.32 Å². The molecule has 1 aromatic carbocycles. The number of rotatable bonds is 6. The van der Waals surface area contributed by atoms with E-state index >= 15 is 0 Å². The van der Waals surface area contributed by atoms with Crippen LogP contribution in [0.3, 0.4) is 0 Å². The molecule has 5 nitrogen and oxygen atoms in total. The number of nitrogens with zero attached hydrogens (tertiary/aromatic N) is 1. The van der Waals surface area contributed by atoms with Crippen molar-refractivity contribution in [1.29, 1.82) is 0 Å². The number of amides is 1. The average Bonchev–Trinajstić information content (AvgIpc) is 2.77. The van der Waals surface area contributed by atoms with E-state index in [1.54, 1.807) is 0 Å². The zero-order chi connectivity index (χ0) is 15.9. The van der Waals surface area contributed by atoms with Gasteiger partial charge >= 0.3 is 0 Å². The third-order valence-electron chi connectivity index (χ3n) is 4.10. The molecule has 0 bridgehead atoms. The second-order valence-electron chi connectivity index (χ2n) is 5.94. The Morgan fingerprint density at radius 2 is 2.13 bits per heavy atom. The van der Waals surface area contributed by atoms with Crippen LogP contribution in [0.5, 0.6) is 0 Å². The van der Waals surface area contributed by atoms with Crippen LogP contribution in [0, 0.1) is 0 Å². The molecule has 0 saturated carbocycles. The van der Waals surface area contributed by atoms with Gasteiger partial charge in [0.1, 0.15) is 11.3 Å². The van der Waals surface area contributed by atoms with Crippen molar-refractivity contribution in [2.24, 2.45) is 0 Å². The van der Waals surface area contributed by atoms with Gasteiger partial charge in [-0.15, -0.1) is 0 Å². The zero-order valence-corrected chi connectivity index (χ0v) is 13.4. The predicted molar refractivity (Wildman–Crippen MR) is 89.4 cm³/mol. The quantitative estimate of drug-likeness (QED) is 0.830. The summed E-state index contributed by atoms with van der Waals surface area (Å²) in [6.45, 7) is 5.48. The lowest BCUT2D eigenvalue weighted by Crippen LogP contribution is -2.32. The van der Waals surface area contributed by atoms with Gasteiger partial charge in [-0.3, -0.25) is 4.79 Å². The first kappa shape index (κ1) is 16.0. The molecule has 1 saturated heterocycles. The van der Waals surface area contributed by atoms with Gasteiger partial charge in [-0.1, -0.05) is 18.2 Å². The van der Waals surface area contributed by atoms with Crippen LogP contribution in [0.4, 0.5) is 0 Å². The van der Waals surface area contributed by atoms with Crippen molar-refractivity contribution >= 4 is 16.9 Å². The minimum absolute atomic E-state index is 0.0169. The Kier molecular flexibility index (Phi) is 5.66. The van der Waals surface area contributed by atoms with Crippen LogP contribution in [-0.4, -0.2) is 50.2 Å². The van der Waals surface area contributed by atoms with Crippen molar-refractivity contribution in [2.45, 2.75) is 19.3 Å². The smallest absolute Gasteiger partial charge is 0.227 e. The van der Waals surface area contributed by atoms with E-state index in [2.05, 4.69) is 10.2 Å². The summed E-state index contributed by atoms with van der Waals surface area (Å²) in [5, 5.41) is 4.01. The fourth-order valence-corrected chi connectivity index (χ4v) is 2.90. The van der Waals surface area contributed by atoms with E-state index in [1.807, 2.05) is 30.3 Å². The van der Waals surface area contributed by atoms with E-state index in [4.69, 9.17) is 9.15 Å². The van der Waals surface area contributed by atoms with Gasteiger partial charge in [0, 0.05) is 31.6 Å². The van der Waals surface area contributed by atoms with Crippen molar-refractivity contribution in [1.82, 2.24) is 10.2 Å². The van der Waals surface area contributed by atoms with Crippen LogP contribution in [0.25, 0.3) is 11.0 Å². The highest BCUT2D eigenvalue weighted by molar-refractivity contribution is 5.82. The summed E-state index contributed by atoms with van der Waals surface area (Å²) in [4.78, 5) is 14.4. The monoisotopic (exact) mass is 316 g/mol. The number of fused-ring (bicyclic) bond motifs is 1. The molecule has 23 heavy (non-hydrogen) atoms. The molecule has 2 aromatic rings. The van der Waals surface area contributed by atoms with Gasteiger partial charge in [0.2, 0.25) is 5.91 Å². The number of carbonyl (C=O) groups is 1. The first-order chi connectivity index (χ1) is 11.3. The SMILES string of the molecule is O=C(Cc1cc2ccccc2o1)NCCCN1CCCOCC1. The van der Waals surface area contributed by atoms with Gasteiger partial charge in [0.15, 0.2) is 0 Å². The Hall–Kier alpha value is -1.85. The van der Waals surface area contributed by atoms with Gasteiger partial charge in [0.05, 0.1) is 13.0 Å². The molecule has 3 rings (SSSR count). The van der Waals surface area contributed by atoms with Crippen LogP contribution in [-0.2, 0) is 16.0 Å². The van der Waals surface area contributed by atoms with Crippen molar-refractivity contribution in [3.63, 3.8) is 0 Å². The summed E-state index contributed by atoms with van der Waals surface area (Å²) in [5.41, 5.74) is 0.832. The standard InChI is InChI=1S/C18H24N2O3/c21-18(14-16-13-15-5-1-2-6-17(15)23-16)19-7-3-8-20-9-4-11-22-12-10-20/h1-2,5-6,13H,3-4,7-12,14H2,(H,19,21). The Morgan fingerprint density at radius 1 is 1.22 bits per heavy atom. The maximum atomic E-state index is 12.0. The molecular formula is C18H24N2O3. The lowest BCUT2D eigenvalue weighted by Gasteiger charge is -2.18. The Bertz CT molecular complexity index is 597. The summed E-state index contributed by atoms with van der Waals surface area (Å²) in [5.74, 6) is 0.733. The number of para-hydroxylation sites is 1. The van der Waals surface area contributed by atoms with E-state index in [0.717, 1.165) is 56.7 Å². The van der Waals surface area contributed by atoms with E-state index in [-0.39, 0.29) is 5.91 Å². The third-order valence-corrected chi connectivity index (χ3v) is 4.10. The molecule has 0 radical (unpaired) electrons. The largest absolute Gasteiger partial charge is 0.461 e. The van der Waals surface area contributed by atoms with Crippen LogP contribution in [0.1, 0.15) is 18.6 Å². The van der Waals surface area contributed by atoms with E-state index < -0.39 is 0 Å². The van der Waals surface area contributed by atoms with Gasteiger partial charge < -0.3 is 19.4 Å². The molecule has 0 spiro atoms. The molecule has 1 fully saturated rings. The number of hydrogen-bond donors (Lipinski definition) is 1. The Labute approximate surface area is 136 Å². The molecular weight excluding hydrogens is 292 g/mol. The summed E-state index contributed by atoms with van der Waals surface area (Å²) >= 11 is 0. The lowest BCUT2D eigenvalue weighted by molar-refractivity contribution is -0.120. The van der Waals surface area contributed by atoms with Crippen molar-refractivity contribution in [3.8, 4) is 0 Å². The van der Waals surface area contributed by atoms with Crippen LogP contribution in [0.2, 0.25) is 0 Å². The average molecular weight is 316 g/mol. The fourth-order valence-electron chi connectivity index (χ4n) is 2.90. The third kappa shape index (κ3) is 4.81. The lowest BCUT2D eigenvalue weighted by atomic mass is 10.2. The van der Waals surface area contributed by atoms with Gasteiger partial charge in [0.25, 0.3) is 0 Å². The molecule has 124 valence electrons. The van der Waals surface area contributed by atoms with Crippen molar-refractivity contribution < 1.29 is 13.9 Å². The molecule has 0 atom stereocenters. The first-order valence-electron chi connectivity index (χ1n) is 8.35. The number of furan rings is 1. The molecule has 1 aromatic heterocycles. The van der Waals surface area contributed by atoms with Gasteiger partial charge in [-0.25, -0.2) is 0 Å². The molecule has 1 aliphatic heterocycles. The van der Waals surface area contributed by atoms with Crippen LogP contribution >= 0.6 is 0 Å². The summed E-state index contributed by atoms with van der Waals surface area (Å²) in [7, 11) is 0. The second-order valence-corrected chi connectivity index (χ2v) is 5.94. The van der Waals surface area contributed by atoms with Gasteiger partial charge in [-0.05, 0) is 31.5 Å². The number of nitrogens with one attached hydrogen (secondary N) is 1. The number of carbonyl (C=O) groups excluding carboxylic acids is 1. The fraction of sp³-hybridized carbons (Fsp3) is 0.500. The topological polar surface area (TPSA) is 54.7 Å². The summed E-state index contributed by atoms with van der Waals surface area (Å²) in [6, 6.07) is 9.75.